The van der Waals surface area contributed by atoms with Crippen molar-refractivity contribution in [3.8, 4) is 5.88 Å². The average molecular weight is 296 g/mol. The first-order valence-electron chi connectivity index (χ1n) is 5.96. The van der Waals surface area contributed by atoms with E-state index in [0.717, 1.165) is 4.57 Å². The standard InChI is InChI=1S/C13H14ClN3O3/c1-6(2)16-11(18)10-8-5-7(14)3-4-9(8)17(12(10)19)13(15)20/h3-6,19H,1-2H3,(H2,15,20)(H,16,18). The van der Waals surface area contributed by atoms with Gasteiger partial charge in [-0.2, -0.15) is 0 Å². The number of primary amides is 1. The van der Waals surface area contributed by atoms with E-state index in [4.69, 9.17) is 17.3 Å². The van der Waals surface area contributed by atoms with E-state index in [1.165, 1.54) is 12.1 Å². The molecule has 6 nitrogen and oxygen atoms in total. The van der Waals surface area contributed by atoms with Gasteiger partial charge < -0.3 is 16.2 Å². The maximum Gasteiger partial charge on any atom is 0.326 e. The molecule has 2 amide bonds. The number of nitrogens with two attached hydrogens (primary N) is 1. The van der Waals surface area contributed by atoms with Gasteiger partial charge >= 0.3 is 6.03 Å². The number of aromatic hydroxyl groups is 1. The Bertz CT molecular complexity index is 706. The van der Waals surface area contributed by atoms with Gasteiger partial charge in [0.15, 0.2) is 0 Å². The molecule has 2 rings (SSSR count). The smallest absolute Gasteiger partial charge is 0.326 e. The van der Waals surface area contributed by atoms with Crippen molar-refractivity contribution in [2.45, 2.75) is 19.9 Å². The monoisotopic (exact) mass is 295 g/mol. The first kappa shape index (κ1) is 14.2. The fraction of sp³-hybridized carbons (Fsp3) is 0.231. The molecule has 0 radical (unpaired) electrons. The van der Waals surface area contributed by atoms with Crippen molar-refractivity contribution in [1.82, 2.24) is 9.88 Å². The molecule has 0 bridgehead atoms. The molecule has 0 atom stereocenters. The highest BCUT2D eigenvalue weighted by atomic mass is 35.5. The van der Waals surface area contributed by atoms with Crippen molar-refractivity contribution in [1.29, 1.82) is 0 Å². The summed E-state index contributed by atoms with van der Waals surface area (Å²) in [6.07, 6.45) is 0. The van der Waals surface area contributed by atoms with E-state index in [-0.39, 0.29) is 11.6 Å². The number of nitrogens with zero attached hydrogens (tertiary/aromatic N) is 1. The van der Waals surface area contributed by atoms with Crippen molar-refractivity contribution in [3.63, 3.8) is 0 Å². The topological polar surface area (TPSA) is 97.3 Å². The molecule has 0 saturated carbocycles. The summed E-state index contributed by atoms with van der Waals surface area (Å²) < 4.78 is 0.876. The van der Waals surface area contributed by atoms with Crippen molar-refractivity contribution < 1.29 is 14.7 Å². The van der Waals surface area contributed by atoms with Crippen molar-refractivity contribution >= 4 is 34.4 Å². The number of nitrogens with one attached hydrogen (secondary N) is 1. The predicted octanol–water partition coefficient (Wildman–Crippen LogP) is 2.07. The van der Waals surface area contributed by atoms with Gasteiger partial charge in [0.1, 0.15) is 5.56 Å². The van der Waals surface area contributed by atoms with Crippen LogP contribution in [0.15, 0.2) is 18.2 Å². The van der Waals surface area contributed by atoms with E-state index in [9.17, 15) is 14.7 Å². The third-order valence-corrected chi connectivity index (χ3v) is 3.01. The summed E-state index contributed by atoms with van der Waals surface area (Å²) in [7, 11) is 0. The van der Waals surface area contributed by atoms with E-state index in [0.29, 0.717) is 15.9 Å². The van der Waals surface area contributed by atoms with Crippen LogP contribution in [0.1, 0.15) is 24.2 Å². The molecule has 106 valence electrons. The maximum absolute atomic E-state index is 12.2. The van der Waals surface area contributed by atoms with E-state index in [1.807, 2.05) is 0 Å². The van der Waals surface area contributed by atoms with Gasteiger partial charge in [-0.15, -0.1) is 0 Å². The highest BCUT2D eigenvalue weighted by Gasteiger charge is 2.25. The summed E-state index contributed by atoms with van der Waals surface area (Å²) in [5.41, 5.74) is 5.54. The summed E-state index contributed by atoms with van der Waals surface area (Å²) in [6.45, 7) is 3.57. The number of halogens is 1. The number of fused-ring (bicyclic) bond motifs is 1. The molecule has 0 fully saturated rings. The van der Waals surface area contributed by atoms with E-state index < -0.39 is 17.8 Å². The fourth-order valence-electron chi connectivity index (χ4n) is 2.03. The van der Waals surface area contributed by atoms with Gasteiger partial charge in [0.2, 0.25) is 5.88 Å². The zero-order chi connectivity index (χ0) is 15.0. The van der Waals surface area contributed by atoms with Gasteiger partial charge in [0, 0.05) is 16.5 Å². The summed E-state index contributed by atoms with van der Waals surface area (Å²) in [5, 5.41) is 13.5. The Morgan fingerprint density at radius 3 is 2.60 bits per heavy atom. The number of carbonyl (C=O) groups excluding carboxylic acids is 2. The Balaban J connectivity index is 2.76. The molecule has 1 aromatic carbocycles. The molecule has 1 aromatic heterocycles. The number of amides is 2. The van der Waals surface area contributed by atoms with Crippen LogP contribution in [-0.4, -0.2) is 27.7 Å². The molecular formula is C13H14ClN3O3. The minimum absolute atomic E-state index is 0.0185. The number of hydrogen-bond donors (Lipinski definition) is 3. The zero-order valence-electron chi connectivity index (χ0n) is 11.0. The lowest BCUT2D eigenvalue weighted by molar-refractivity contribution is 0.0942. The number of rotatable bonds is 2. The number of carbonyl (C=O) groups is 2. The second-order valence-electron chi connectivity index (χ2n) is 4.66. The van der Waals surface area contributed by atoms with Crippen LogP contribution in [0, 0.1) is 0 Å². The van der Waals surface area contributed by atoms with Crippen molar-refractivity contribution in [3.05, 3.63) is 28.8 Å². The van der Waals surface area contributed by atoms with Crippen LogP contribution in [0.3, 0.4) is 0 Å². The lowest BCUT2D eigenvalue weighted by Gasteiger charge is -2.07. The number of hydrogen-bond acceptors (Lipinski definition) is 3. The Kier molecular flexibility index (Phi) is 3.59. The Hall–Kier alpha value is -2.21. The Labute approximate surface area is 120 Å². The highest BCUT2D eigenvalue weighted by Crippen LogP contribution is 2.32. The average Bonchev–Trinajstić information content (AvgIpc) is 2.59. The molecule has 0 spiro atoms. The first-order valence-corrected chi connectivity index (χ1v) is 6.34. The number of aromatic nitrogens is 1. The van der Waals surface area contributed by atoms with Crippen LogP contribution < -0.4 is 11.1 Å². The van der Waals surface area contributed by atoms with Gasteiger partial charge in [0.05, 0.1) is 5.52 Å². The SMILES string of the molecule is CC(C)NC(=O)c1c(O)n(C(N)=O)c2ccc(Cl)cc12. The van der Waals surface area contributed by atoms with Crippen molar-refractivity contribution in [2.75, 3.05) is 0 Å². The van der Waals surface area contributed by atoms with E-state index >= 15 is 0 Å². The molecule has 7 heteroatoms. The lowest BCUT2D eigenvalue weighted by Crippen LogP contribution is -2.30. The van der Waals surface area contributed by atoms with Gasteiger partial charge in [-0.1, -0.05) is 11.6 Å². The third-order valence-electron chi connectivity index (χ3n) is 2.77. The molecule has 4 N–H and O–H groups in total. The zero-order valence-corrected chi connectivity index (χ0v) is 11.7. The van der Waals surface area contributed by atoms with Gasteiger partial charge in [-0.3, -0.25) is 4.79 Å². The van der Waals surface area contributed by atoms with Crippen LogP contribution >= 0.6 is 11.6 Å². The molecule has 0 aliphatic carbocycles. The minimum Gasteiger partial charge on any atom is -0.494 e. The molecule has 0 aliphatic heterocycles. The van der Waals surface area contributed by atoms with Gasteiger partial charge in [-0.05, 0) is 32.0 Å². The van der Waals surface area contributed by atoms with Crippen LogP contribution in [0.25, 0.3) is 10.9 Å². The molecule has 0 unspecified atom stereocenters. The normalized spacial score (nSPS) is 11.0. The van der Waals surface area contributed by atoms with Crippen LogP contribution in [0.4, 0.5) is 4.79 Å². The Morgan fingerprint density at radius 2 is 2.05 bits per heavy atom. The molecular weight excluding hydrogens is 282 g/mol. The van der Waals surface area contributed by atoms with E-state index in [1.54, 1.807) is 19.9 Å². The molecule has 20 heavy (non-hydrogen) atoms. The molecule has 0 aliphatic rings. The molecule has 2 aromatic rings. The summed E-state index contributed by atoms with van der Waals surface area (Å²) >= 11 is 5.90. The fourth-order valence-corrected chi connectivity index (χ4v) is 2.20. The second-order valence-corrected chi connectivity index (χ2v) is 5.10. The second kappa shape index (κ2) is 5.05. The van der Waals surface area contributed by atoms with Crippen LogP contribution in [-0.2, 0) is 0 Å². The third kappa shape index (κ3) is 2.30. The maximum atomic E-state index is 12.2. The van der Waals surface area contributed by atoms with Gasteiger partial charge in [-0.25, -0.2) is 9.36 Å². The summed E-state index contributed by atoms with van der Waals surface area (Å²) in [5.74, 6) is -0.988. The van der Waals surface area contributed by atoms with Crippen molar-refractivity contribution in [2.24, 2.45) is 5.73 Å². The summed E-state index contributed by atoms with van der Waals surface area (Å²) in [4.78, 5) is 23.6. The quantitative estimate of drug-likeness (QED) is 0.791. The Morgan fingerprint density at radius 1 is 1.40 bits per heavy atom. The molecule has 0 saturated heterocycles. The largest absolute Gasteiger partial charge is 0.494 e. The van der Waals surface area contributed by atoms with Crippen LogP contribution in [0.5, 0.6) is 5.88 Å². The number of benzene rings is 1. The molecule has 1 heterocycles. The minimum atomic E-state index is -0.876. The lowest BCUT2D eigenvalue weighted by atomic mass is 10.1. The van der Waals surface area contributed by atoms with Crippen LogP contribution in [0.2, 0.25) is 5.02 Å². The predicted molar refractivity (Wildman–Crippen MR) is 76.2 cm³/mol. The first-order chi connectivity index (χ1) is 9.32. The summed E-state index contributed by atoms with van der Waals surface area (Å²) in [6, 6.07) is 3.58. The highest BCUT2D eigenvalue weighted by molar-refractivity contribution is 6.31. The van der Waals surface area contributed by atoms with Gasteiger partial charge in [0.25, 0.3) is 5.91 Å². The van der Waals surface area contributed by atoms with E-state index in [2.05, 4.69) is 5.32 Å².